The Kier molecular flexibility index (Phi) is 4.12. The van der Waals surface area contributed by atoms with Crippen LogP contribution in [0.25, 0.3) is 0 Å². The summed E-state index contributed by atoms with van der Waals surface area (Å²) in [5.41, 5.74) is 8.18. The fourth-order valence-corrected chi connectivity index (χ4v) is 3.08. The van der Waals surface area contributed by atoms with Gasteiger partial charge >= 0.3 is 0 Å². The number of hydrogen-bond donors (Lipinski definition) is 2. The predicted octanol–water partition coefficient (Wildman–Crippen LogP) is 3.83. The lowest BCUT2D eigenvalue weighted by Crippen LogP contribution is -2.12. The van der Waals surface area contributed by atoms with E-state index in [1.807, 2.05) is 13.8 Å². The minimum atomic E-state index is -0.261. The van der Waals surface area contributed by atoms with Gasteiger partial charge in [0.25, 0.3) is 5.91 Å². The molecule has 2 rings (SSSR count). The summed E-state index contributed by atoms with van der Waals surface area (Å²) in [5.74, 6) is -0.261. The first-order chi connectivity index (χ1) is 9.43. The molecule has 2 aromatic rings. The van der Waals surface area contributed by atoms with Gasteiger partial charge in [0, 0.05) is 20.6 Å². The van der Waals surface area contributed by atoms with E-state index in [9.17, 15) is 4.79 Å². The molecule has 0 fully saturated rings. The zero-order chi connectivity index (χ0) is 14.9. The summed E-state index contributed by atoms with van der Waals surface area (Å²) in [6.07, 6.45) is 0. The Morgan fingerprint density at radius 1 is 1.45 bits per heavy atom. The molecule has 1 amide bonds. The summed E-state index contributed by atoms with van der Waals surface area (Å²) < 4.78 is 0.671. The van der Waals surface area contributed by atoms with Gasteiger partial charge in [0.1, 0.15) is 11.1 Å². The molecule has 0 bridgehead atoms. The quantitative estimate of drug-likeness (QED) is 0.808. The van der Waals surface area contributed by atoms with E-state index in [1.165, 1.54) is 11.3 Å². The molecule has 0 atom stereocenters. The minimum absolute atomic E-state index is 0.261. The number of nitrogens with one attached hydrogen (secondary N) is 1. The standard InChI is InChI=1S/C14H12BrN3OS/c1-7-8(2)20-14(10(7)6-16)18-13(19)9-3-4-12(17)11(15)5-9/h3-5H,17H2,1-2H3,(H,18,19). The maximum absolute atomic E-state index is 12.2. The van der Waals surface area contributed by atoms with E-state index in [1.54, 1.807) is 18.2 Å². The second kappa shape index (κ2) is 5.65. The predicted molar refractivity (Wildman–Crippen MR) is 85.0 cm³/mol. The first kappa shape index (κ1) is 14.6. The summed E-state index contributed by atoms with van der Waals surface area (Å²) in [7, 11) is 0. The highest BCUT2D eigenvalue weighted by Crippen LogP contribution is 2.32. The highest BCUT2D eigenvalue weighted by atomic mass is 79.9. The van der Waals surface area contributed by atoms with Crippen LogP contribution in [0.5, 0.6) is 0 Å². The van der Waals surface area contributed by atoms with Crippen LogP contribution in [-0.4, -0.2) is 5.91 Å². The van der Waals surface area contributed by atoms with Crippen LogP contribution in [-0.2, 0) is 0 Å². The number of nitrogens with two attached hydrogens (primary N) is 1. The lowest BCUT2D eigenvalue weighted by molar-refractivity contribution is 0.102. The molecule has 0 aliphatic rings. The molecule has 0 saturated carbocycles. The van der Waals surface area contributed by atoms with Crippen molar-refractivity contribution >= 4 is 43.9 Å². The minimum Gasteiger partial charge on any atom is -0.398 e. The molecule has 102 valence electrons. The molecule has 1 aromatic carbocycles. The molecule has 6 heteroatoms. The number of carbonyl (C=O) groups is 1. The highest BCUT2D eigenvalue weighted by molar-refractivity contribution is 9.10. The van der Waals surface area contributed by atoms with Crippen LogP contribution in [0.4, 0.5) is 10.7 Å². The Hall–Kier alpha value is -1.84. The van der Waals surface area contributed by atoms with Crippen LogP contribution in [0.15, 0.2) is 22.7 Å². The Bertz CT molecular complexity index is 731. The third-order valence-corrected chi connectivity index (χ3v) is 4.80. The second-order valence-corrected chi connectivity index (χ2v) is 6.37. The molecule has 0 saturated heterocycles. The zero-order valence-electron chi connectivity index (χ0n) is 11.0. The maximum atomic E-state index is 12.2. The van der Waals surface area contributed by atoms with Gasteiger partial charge in [-0.15, -0.1) is 11.3 Å². The number of anilines is 2. The van der Waals surface area contributed by atoms with Gasteiger partial charge in [-0.3, -0.25) is 4.79 Å². The molecular weight excluding hydrogens is 338 g/mol. The van der Waals surface area contributed by atoms with Crippen molar-refractivity contribution in [1.82, 2.24) is 0 Å². The van der Waals surface area contributed by atoms with E-state index in [-0.39, 0.29) is 5.91 Å². The summed E-state index contributed by atoms with van der Waals surface area (Å²) in [4.78, 5) is 13.2. The third kappa shape index (κ3) is 2.69. The van der Waals surface area contributed by atoms with Crippen molar-refractivity contribution in [3.8, 4) is 6.07 Å². The van der Waals surface area contributed by atoms with E-state index in [0.717, 1.165) is 10.4 Å². The molecule has 0 unspecified atom stereocenters. The number of rotatable bonds is 2. The summed E-state index contributed by atoms with van der Waals surface area (Å²) in [6.45, 7) is 3.80. The number of benzene rings is 1. The Morgan fingerprint density at radius 2 is 2.15 bits per heavy atom. The molecule has 0 aliphatic carbocycles. The molecule has 1 aromatic heterocycles. The normalized spacial score (nSPS) is 10.1. The fourth-order valence-electron chi connectivity index (χ4n) is 1.69. The second-order valence-electron chi connectivity index (χ2n) is 4.29. The number of carbonyl (C=O) groups excluding carboxylic acids is 1. The number of nitriles is 1. The number of nitrogens with zero attached hydrogens (tertiary/aromatic N) is 1. The molecule has 0 spiro atoms. The maximum Gasteiger partial charge on any atom is 0.256 e. The van der Waals surface area contributed by atoms with Gasteiger partial charge in [-0.05, 0) is 53.5 Å². The smallest absolute Gasteiger partial charge is 0.256 e. The van der Waals surface area contributed by atoms with Crippen LogP contribution in [0.1, 0.15) is 26.4 Å². The van der Waals surface area contributed by atoms with Crippen molar-refractivity contribution in [1.29, 1.82) is 5.26 Å². The molecule has 4 nitrogen and oxygen atoms in total. The van der Waals surface area contributed by atoms with Gasteiger partial charge in [-0.1, -0.05) is 0 Å². The summed E-state index contributed by atoms with van der Waals surface area (Å²) >= 11 is 4.69. The Balaban J connectivity index is 2.30. The summed E-state index contributed by atoms with van der Waals surface area (Å²) in [6, 6.07) is 7.09. The van der Waals surface area contributed by atoms with E-state index in [2.05, 4.69) is 27.3 Å². The van der Waals surface area contributed by atoms with Crippen LogP contribution in [0, 0.1) is 25.2 Å². The first-order valence-corrected chi connectivity index (χ1v) is 7.41. The summed E-state index contributed by atoms with van der Waals surface area (Å²) in [5, 5.41) is 12.5. The number of halogens is 1. The number of aryl methyl sites for hydroxylation is 1. The number of nitrogen functional groups attached to an aromatic ring is 1. The molecular formula is C14H12BrN3OS. The molecule has 1 heterocycles. The average molecular weight is 350 g/mol. The SMILES string of the molecule is Cc1sc(NC(=O)c2ccc(N)c(Br)c2)c(C#N)c1C. The Labute approximate surface area is 129 Å². The first-order valence-electron chi connectivity index (χ1n) is 5.80. The van der Waals surface area contributed by atoms with E-state index < -0.39 is 0 Å². The molecule has 20 heavy (non-hydrogen) atoms. The largest absolute Gasteiger partial charge is 0.398 e. The van der Waals surface area contributed by atoms with Crippen molar-refractivity contribution in [2.24, 2.45) is 0 Å². The van der Waals surface area contributed by atoms with Crippen molar-refractivity contribution in [3.63, 3.8) is 0 Å². The monoisotopic (exact) mass is 349 g/mol. The van der Waals surface area contributed by atoms with E-state index in [4.69, 9.17) is 11.0 Å². The lowest BCUT2D eigenvalue weighted by atomic mass is 10.1. The van der Waals surface area contributed by atoms with Gasteiger partial charge in [-0.2, -0.15) is 5.26 Å². The number of thiophene rings is 1. The van der Waals surface area contributed by atoms with Crippen molar-refractivity contribution in [2.75, 3.05) is 11.1 Å². The van der Waals surface area contributed by atoms with E-state index in [0.29, 0.717) is 26.3 Å². The third-order valence-electron chi connectivity index (χ3n) is 2.99. The number of hydrogen-bond acceptors (Lipinski definition) is 4. The van der Waals surface area contributed by atoms with Crippen molar-refractivity contribution in [2.45, 2.75) is 13.8 Å². The fraction of sp³-hybridized carbons (Fsp3) is 0.143. The topological polar surface area (TPSA) is 78.9 Å². The van der Waals surface area contributed by atoms with Crippen molar-refractivity contribution < 1.29 is 4.79 Å². The molecule has 0 radical (unpaired) electrons. The number of amides is 1. The zero-order valence-corrected chi connectivity index (χ0v) is 13.4. The van der Waals surface area contributed by atoms with Gasteiger partial charge < -0.3 is 11.1 Å². The van der Waals surface area contributed by atoms with Crippen LogP contribution in [0.2, 0.25) is 0 Å². The molecule has 3 N–H and O–H groups in total. The van der Waals surface area contributed by atoms with Gasteiger partial charge in [-0.25, -0.2) is 0 Å². The highest BCUT2D eigenvalue weighted by Gasteiger charge is 2.15. The van der Waals surface area contributed by atoms with Gasteiger partial charge in [0.2, 0.25) is 0 Å². The van der Waals surface area contributed by atoms with Crippen LogP contribution < -0.4 is 11.1 Å². The van der Waals surface area contributed by atoms with Crippen molar-refractivity contribution in [3.05, 3.63) is 44.2 Å². The Morgan fingerprint density at radius 3 is 2.75 bits per heavy atom. The lowest BCUT2D eigenvalue weighted by Gasteiger charge is -2.05. The van der Waals surface area contributed by atoms with Crippen LogP contribution in [0.3, 0.4) is 0 Å². The van der Waals surface area contributed by atoms with Crippen LogP contribution >= 0.6 is 27.3 Å². The van der Waals surface area contributed by atoms with Gasteiger partial charge in [0.15, 0.2) is 0 Å². The average Bonchev–Trinajstić information content (AvgIpc) is 2.67. The van der Waals surface area contributed by atoms with Gasteiger partial charge in [0.05, 0.1) is 5.56 Å². The van der Waals surface area contributed by atoms with E-state index >= 15 is 0 Å². The molecule has 0 aliphatic heterocycles.